The fourth-order valence-corrected chi connectivity index (χ4v) is 3.88. The molecule has 2 aromatic rings. The third kappa shape index (κ3) is 3.70. The first-order chi connectivity index (χ1) is 11.3. The summed E-state index contributed by atoms with van der Waals surface area (Å²) < 4.78 is 40.3. The van der Waals surface area contributed by atoms with E-state index in [2.05, 4.69) is 9.82 Å². The van der Waals surface area contributed by atoms with E-state index in [1.54, 1.807) is 23.7 Å². The molecule has 0 aliphatic rings. The predicted octanol–water partition coefficient (Wildman–Crippen LogP) is 2.27. The maximum atomic E-state index is 12.8. The summed E-state index contributed by atoms with van der Waals surface area (Å²) in [5.74, 6) is 0.704. The Hall–Kier alpha value is -2.06. The van der Waals surface area contributed by atoms with E-state index in [0.29, 0.717) is 5.75 Å². The molecule has 0 saturated carbocycles. The standard InChI is InChI=1S/C16H23N3O4S/c1-6-19-10-14(11(2)17-19)12(3)18-24(20,21)16-9-13(22-4)7-8-15(16)23-5/h7-10,12,18H,6H2,1-5H3. The summed E-state index contributed by atoms with van der Waals surface area (Å²) in [5, 5.41) is 4.35. The molecule has 8 heteroatoms. The van der Waals surface area contributed by atoms with Gasteiger partial charge in [0.15, 0.2) is 0 Å². The number of ether oxygens (including phenoxy) is 2. The number of methoxy groups -OCH3 is 2. The summed E-state index contributed by atoms with van der Waals surface area (Å²) in [6, 6.07) is 4.23. The van der Waals surface area contributed by atoms with Crippen LogP contribution in [0.4, 0.5) is 0 Å². The zero-order chi connectivity index (χ0) is 17.9. The molecule has 0 bridgehead atoms. The molecule has 0 amide bonds. The van der Waals surface area contributed by atoms with Crippen molar-refractivity contribution in [2.75, 3.05) is 14.2 Å². The largest absolute Gasteiger partial charge is 0.497 e. The van der Waals surface area contributed by atoms with Gasteiger partial charge in [0.25, 0.3) is 0 Å². The van der Waals surface area contributed by atoms with Gasteiger partial charge >= 0.3 is 0 Å². The van der Waals surface area contributed by atoms with Crippen molar-refractivity contribution in [3.05, 3.63) is 35.7 Å². The third-order valence-corrected chi connectivity index (χ3v) is 5.33. The number of rotatable bonds is 7. The van der Waals surface area contributed by atoms with Gasteiger partial charge in [0.05, 0.1) is 19.9 Å². The molecule has 132 valence electrons. The average molecular weight is 353 g/mol. The topological polar surface area (TPSA) is 82.5 Å². The highest BCUT2D eigenvalue weighted by molar-refractivity contribution is 7.89. The quantitative estimate of drug-likeness (QED) is 0.826. The highest BCUT2D eigenvalue weighted by Crippen LogP contribution is 2.29. The maximum Gasteiger partial charge on any atom is 0.244 e. The second-order valence-corrected chi connectivity index (χ2v) is 7.07. The molecule has 1 unspecified atom stereocenters. The van der Waals surface area contributed by atoms with Crippen molar-refractivity contribution in [1.29, 1.82) is 0 Å². The molecule has 0 spiro atoms. The molecule has 0 radical (unpaired) electrons. The van der Waals surface area contributed by atoms with Crippen LogP contribution in [0.25, 0.3) is 0 Å². The van der Waals surface area contributed by atoms with Gasteiger partial charge in [-0.2, -0.15) is 5.10 Å². The molecular formula is C16H23N3O4S. The van der Waals surface area contributed by atoms with Crippen molar-refractivity contribution in [3.8, 4) is 11.5 Å². The molecule has 24 heavy (non-hydrogen) atoms. The summed E-state index contributed by atoms with van der Waals surface area (Å²) >= 11 is 0. The highest BCUT2D eigenvalue weighted by atomic mass is 32.2. The summed E-state index contributed by atoms with van der Waals surface area (Å²) in [7, 11) is -0.876. The van der Waals surface area contributed by atoms with Crippen LogP contribution in [-0.2, 0) is 16.6 Å². The van der Waals surface area contributed by atoms with Crippen LogP contribution in [0.3, 0.4) is 0 Å². The number of hydrogen-bond donors (Lipinski definition) is 1. The fraction of sp³-hybridized carbons (Fsp3) is 0.438. The lowest BCUT2D eigenvalue weighted by atomic mass is 10.1. The van der Waals surface area contributed by atoms with E-state index < -0.39 is 16.1 Å². The molecule has 1 aromatic heterocycles. The lowest BCUT2D eigenvalue weighted by molar-refractivity contribution is 0.391. The summed E-state index contributed by atoms with van der Waals surface area (Å²) in [4.78, 5) is 0.0386. The van der Waals surface area contributed by atoms with Crippen LogP contribution >= 0.6 is 0 Å². The Bertz CT molecular complexity index is 815. The van der Waals surface area contributed by atoms with E-state index >= 15 is 0 Å². The number of hydrogen-bond acceptors (Lipinski definition) is 5. The van der Waals surface area contributed by atoms with Crippen LogP contribution < -0.4 is 14.2 Å². The Morgan fingerprint density at radius 3 is 2.54 bits per heavy atom. The number of benzene rings is 1. The number of aryl methyl sites for hydroxylation is 2. The molecule has 1 heterocycles. The number of nitrogens with one attached hydrogen (secondary N) is 1. The molecule has 0 aliphatic carbocycles. The van der Waals surface area contributed by atoms with Crippen molar-refractivity contribution in [3.63, 3.8) is 0 Å². The van der Waals surface area contributed by atoms with Gasteiger partial charge in [-0.3, -0.25) is 4.68 Å². The molecule has 7 nitrogen and oxygen atoms in total. The molecule has 0 fully saturated rings. The van der Waals surface area contributed by atoms with Crippen LogP contribution in [0.15, 0.2) is 29.3 Å². The second-order valence-electron chi connectivity index (χ2n) is 5.39. The molecule has 0 saturated heterocycles. The fourth-order valence-electron chi connectivity index (χ4n) is 2.47. The lowest BCUT2D eigenvalue weighted by Gasteiger charge is -2.16. The van der Waals surface area contributed by atoms with Crippen LogP contribution in [0.1, 0.15) is 31.1 Å². The van der Waals surface area contributed by atoms with Gasteiger partial charge in [-0.05, 0) is 32.9 Å². The molecule has 1 aromatic carbocycles. The van der Waals surface area contributed by atoms with Crippen LogP contribution in [0, 0.1) is 6.92 Å². The van der Waals surface area contributed by atoms with Crippen molar-refractivity contribution in [1.82, 2.24) is 14.5 Å². The lowest BCUT2D eigenvalue weighted by Crippen LogP contribution is -2.27. The molecule has 0 aliphatic heterocycles. The Kier molecular flexibility index (Phi) is 5.51. The Morgan fingerprint density at radius 2 is 2.00 bits per heavy atom. The van der Waals surface area contributed by atoms with E-state index in [1.807, 2.05) is 20.0 Å². The van der Waals surface area contributed by atoms with Crippen molar-refractivity contribution >= 4 is 10.0 Å². The van der Waals surface area contributed by atoms with Gasteiger partial charge in [0.1, 0.15) is 16.4 Å². The van der Waals surface area contributed by atoms with E-state index in [1.165, 1.54) is 20.3 Å². The van der Waals surface area contributed by atoms with Gasteiger partial charge in [0, 0.05) is 30.4 Å². The second kappa shape index (κ2) is 7.23. The van der Waals surface area contributed by atoms with Gasteiger partial charge in [0.2, 0.25) is 10.0 Å². The number of sulfonamides is 1. The first-order valence-corrected chi connectivity index (χ1v) is 9.09. The van der Waals surface area contributed by atoms with E-state index in [4.69, 9.17) is 9.47 Å². The van der Waals surface area contributed by atoms with Crippen molar-refractivity contribution < 1.29 is 17.9 Å². The Balaban J connectivity index is 2.35. The summed E-state index contributed by atoms with van der Waals surface area (Å²) in [6.07, 6.45) is 1.85. The summed E-state index contributed by atoms with van der Waals surface area (Å²) in [6.45, 7) is 6.35. The minimum absolute atomic E-state index is 0.0386. The summed E-state index contributed by atoms with van der Waals surface area (Å²) in [5.41, 5.74) is 1.63. The maximum absolute atomic E-state index is 12.8. The highest BCUT2D eigenvalue weighted by Gasteiger charge is 2.24. The van der Waals surface area contributed by atoms with Crippen LogP contribution in [-0.4, -0.2) is 32.4 Å². The van der Waals surface area contributed by atoms with Gasteiger partial charge < -0.3 is 9.47 Å². The Morgan fingerprint density at radius 1 is 1.29 bits per heavy atom. The van der Waals surface area contributed by atoms with E-state index in [0.717, 1.165) is 17.8 Å². The molecule has 1 atom stereocenters. The average Bonchev–Trinajstić information content (AvgIpc) is 2.95. The molecule has 1 N–H and O–H groups in total. The minimum atomic E-state index is -3.79. The van der Waals surface area contributed by atoms with E-state index in [9.17, 15) is 8.42 Å². The van der Waals surface area contributed by atoms with Crippen LogP contribution in [0.5, 0.6) is 11.5 Å². The predicted molar refractivity (Wildman–Crippen MR) is 90.9 cm³/mol. The normalized spacial score (nSPS) is 12.9. The first kappa shape index (κ1) is 18.3. The van der Waals surface area contributed by atoms with Gasteiger partial charge in [-0.1, -0.05) is 0 Å². The van der Waals surface area contributed by atoms with Gasteiger partial charge in [-0.25, -0.2) is 13.1 Å². The number of nitrogens with zero attached hydrogens (tertiary/aromatic N) is 2. The Labute approximate surface area is 142 Å². The zero-order valence-corrected chi connectivity index (χ0v) is 15.3. The van der Waals surface area contributed by atoms with Crippen molar-refractivity contribution in [2.45, 2.75) is 38.3 Å². The molecular weight excluding hydrogens is 330 g/mol. The van der Waals surface area contributed by atoms with E-state index in [-0.39, 0.29) is 10.6 Å². The number of aromatic nitrogens is 2. The van der Waals surface area contributed by atoms with Gasteiger partial charge in [-0.15, -0.1) is 0 Å². The van der Waals surface area contributed by atoms with Crippen molar-refractivity contribution in [2.24, 2.45) is 0 Å². The SMILES string of the molecule is CCn1cc(C(C)NS(=O)(=O)c2cc(OC)ccc2OC)c(C)n1. The monoisotopic (exact) mass is 353 g/mol. The first-order valence-electron chi connectivity index (χ1n) is 7.60. The smallest absolute Gasteiger partial charge is 0.244 e. The van der Waals surface area contributed by atoms with Crippen LogP contribution in [0.2, 0.25) is 0 Å². The minimum Gasteiger partial charge on any atom is -0.497 e. The molecule has 2 rings (SSSR count). The zero-order valence-electron chi connectivity index (χ0n) is 14.5. The third-order valence-electron chi connectivity index (χ3n) is 3.77.